The van der Waals surface area contributed by atoms with E-state index in [0.717, 1.165) is 18.6 Å². The molecule has 0 bridgehead atoms. The molecule has 1 N–H and O–H groups in total. The van der Waals surface area contributed by atoms with Gasteiger partial charge < -0.3 is 23.7 Å². The SMILES string of the molecule is CCCCOc1ccc(OCC(=O)N/N=C\c2ccc(OC(=O)c3ccc(OCC)cc3)c(OCC)c2)cc1. The fourth-order valence-electron chi connectivity index (χ4n) is 3.30. The highest BCUT2D eigenvalue weighted by atomic mass is 16.6. The Bertz CT molecular complexity index is 1230. The normalized spacial score (nSPS) is 10.6. The summed E-state index contributed by atoms with van der Waals surface area (Å²) in [5.41, 5.74) is 3.45. The Morgan fingerprint density at radius 2 is 1.41 bits per heavy atom. The third-order valence-electron chi connectivity index (χ3n) is 5.23. The van der Waals surface area contributed by atoms with Gasteiger partial charge in [-0.05, 0) is 92.6 Å². The molecule has 206 valence electrons. The van der Waals surface area contributed by atoms with Gasteiger partial charge in [0.15, 0.2) is 18.1 Å². The molecule has 39 heavy (non-hydrogen) atoms. The van der Waals surface area contributed by atoms with Crippen molar-refractivity contribution in [2.45, 2.75) is 33.6 Å². The predicted octanol–water partition coefficient (Wildman–Crippen LogP) is 5.41. The van der Waals surface area contributed by atoms with Crippen molar-refractivity contribution in [3.8, 4) is 28.7 Å². The molecule has 1 amide bonds. The van der Waals surface area contributed by atoms with Crippen molar-refractivity contribution in [1.82, 2.24) is 5.43 Å². The third kappa shape index (κ3) is 9.70. The van der Waals surface area contributed by atoms with E-state index in [-0.39, 0.29) is 12.4 Å². The molecule has 9 nitrogen and oxygen atoms in total. The lowest BCUT2D eigenvalue weighted by molar-refractivity contribution is -0.123. The summed E-state index contributed by atoms with van der Waals surface area (Å²) in [4.78, 5) is 24.7. The van der Waals surface area contributed by atoms with E-state index >= 15 is 0 Å². The molecule has 0 fully saturated rings. The summed E-state index contributed by atoms with van der Waals surface area (Å²) in [6, 6.07) is 18.8. The van der Waals surface area contributed by atoms with Crippen molar-refractivity contribution in [3.05, 3.63) is 77.9 Å². The lowest BCUT2D eigenvalue weighted by Gasteiger charge is -2.11. The minimum absolute atomic E-state index is 0.196. The second-order valence-electron chi connectivity index (χ2n) is 8.24. The van der Waals surface area contributed by atoms with E-state index in [9.17, 15) is 9.59 Å². The summed E-state index contributed by atoms with van der Waals surface area (Å²) in [6.07, 6.45) is 3.52. The van der Waals surface area contributed by atoms with Gasteiger partial charge in [-0.3, -0.25) is 4.79 Å². The van der Waals surface area contributed by atoms with E-state index in [0.29, 0.717) is 48.2 Å². The number of ether oxygens (including phenoxy) is 5. The number of carbonyl (C=O) groups excluding carboxylic acids is 2. The van der Waals surface area contributed by atoms with Crippen LogP contribution in [0.4, 0.5) is 0 Å². The van der Waals surface area contributed by atoms with Gasteiger partial charge in [0.2, 0.25) is 0 Å². The average molecular weight is 535 g/mol. The topological polar surface area (TPSA) is 105 Å². The highest BCUT2D eigenvalue weighted by Gasteiger charge is 2.13. The van der Waals surface area contributed by atoms with Crippen molar-refractivity contribution >= 4 is 18.1 Å². The zero-order valence-electron chi connectivity index (χ0n) is 22.5. The van der Waals surface area contributed by atoms with Crippen LogP contribution in [0.15, 0.2) is 71.8 Å². The summed E-state index contributed by atoms with van der Waals surface area (Å²) in [6.45, 7) is 7.20. The van der Waals surface area contributed by atoms with Gasteiger partial charge in [0.25, 0.3) is 5.91 Å². The first-order valence-corrected chi connectivity index (χ1v) is 12.9. The summed E-state index contributed by atoms with van der Waals surface area (Å²) >= 11 is 0. The average Bonchev–Trinajstić information content (AvgIpc) is 2.95. The van der Waals surface area contributed by atoms with Crippen LogP contribution in [0.1, 0.15) is 49.5 Å². The Labute approximate surface area is 228 Å². The molecule has 0 aliphatic rings. The number of hydrazone groups is 1. The van der Waals surface area contributed by atoms with E-state index in [1.54, 1.807) is 66.7 Å². The summed E-state index contributed by atoms with van der Waals surface area (Å²) in [5.74, 6) is 1.69. The molecule has 3 rings (SSSR count). The van der Waals surface area contributed by atoms with Gasteiger partial charge in [-0.1, -0.05) is 13.3 Å². The number of unbranched alkanes of at least 4 members (excludes halogenated alkanes) is 1. The van der Waals surface area contributed by atoms with Gasteiger partial charge in [-0.2, -0.15) is 5.10 Å². The van der Waals surface area contributed by atoms with E-state index in [4.69, 9.17) is 23.7 Å². The lowest BCUT2D eigenvalue weighted by Crippen LogP contribution is -2.24. The molecule has 0 saturated heterocycles. The Kier molecular flexibility index (Phi) is 11.7. The van der Waals surface area contributed by atoms with E-state index in [1.807, 2.05) is 13.8 Å². The molecule has 3 aromatic rings. The zero-order chi connectivity index (χ0) is 27.9. The van der Waals surface area contributed by atoms with Crippen molar-refractivity contribution in [3.63, 3.8) is 0 Å². The number of benzene rings is 3. The molecule has 0 spiro atoms. The quantitative estimate of drug-likeness (QED) is 0.0914. The second kappa shape index (κ2) is 15.7. The maximum Gasteiger partial charge on any atom is 0.343 e. The third-order valence-corrected chi connectivity index (χ3v) is 5.23. The van der Waals surface area contributed by atoms with E-state index in [1.165, 1.54) is 6.21 Å². The standard InChI is InChI=1S/C30H34N2O7/c1-4-7-18-37-25-13-15-26(16-14-25)38-21-29(33)32-31-20-22-8-17-27(28(19-22)36-6-3)39-30(34)23-9-11-24(12-10-23)35-5-2/h8-17,19-20H,4-7,18,21H2,1-3H3,(H,32,33)/b31-20-. The number of hydrogen-bond acceptors (Lipinski definition) is 8. The van der Waals surface area contributed by atoms with Crippen LogP contribution in [0.3, 0.4) is 0 Å². The molecule has 0 aliphatic heterocycles. The van der Waals surface area contributed by atoms with Gasteiger partial charge in [0.05, 0.1) is 31.6 Å². The summed E-state index contributed by atoms with van der Waals surface area (Å²) < 4.78 is 27.7. The molecule has 0 radical (unpaired) electrons. The second-order valence-corrected chi connectivity index (χ2v) is 8.24. The number of nitrogens with one attached hydrogen (secondary N) is 1. The zero-order valence-corrected chi connectivity index (χ0v) is 22.5. The molecule has 3 aromatic carbocycles. The van der Waals surface area contributed by atoms with Crippen LogP contribution in [0.2, 0.25) is 0 Å². The smallest absolute Gasteiger partial charge is 0.343 e. The maximum atomic E-state index is 12.6. The van der Waals surface area contributed by atoms with Gasteiger partial charge in [0.1, 0.15) is 17.2 Å². The maximum absolute atomic E-state index is 12.6. The molecule has 0 aliphatic carbocycles. The summed E-state index contributed by atoms with van der Waals surface area (Å²) in [7, 11) is 0. The predicted molar refractivity (Wildman–Crippen MR) is 148 cm³/mol. The van der Waals surface area contributed by atoms with Crippen molar-refractivity contribution in [2.75, 3.05) is 26.4 Å². The fraction of sp³-hybridized carbons (Fsp3) is 0.300. The minimum atomic E-state index is -0.522. The molecular weight excluding hydrogens is 500 g/mol. The highest BCUT2D eigenvalue weighted by molar-refractivity contribution is 5.92. The first kappa shape index (κ1) is 29.0. The number of carbonyl (C=O) groups is 2. The molecule has 0 saturated carbocycles. The Balaban J connectivity index is 1.51. The molecule has 0 heterocycles. The van der Waals surface area contributed by atoms with Gasteiger partial charge >= 0.3 is 5.97 Å². The largest absolute Gasteiger partial charge is 0.494 e. The molecule has 0 unspecified atom stereocenters. The van der Waals surface area contributed by atoms with Crippen LogP contribution in [-0.2, 0) is 4.79 Å². The van der Waals surface area contributed by atoms with Gasteiger partial charge in [0, 0.05) is 0 Å². The molecule has 0 atom stereocenters. The number of esters is 1. The van der Waals surface area contributed by atoms with E-state index in [2.05, 4.69) is 17.5 Å². The Morgan fingerprint density at radius 3 is 2.08 bits per heavy atom. The van der Waals surface area contributed by atoms with Crippen molar-refractivity contribution < 1.29 is 33.3 Å². The number of nitrogens with zero attached hydrogens (tertiary/aromatic N) is 1. The Morgan fingerprint density at radius 1 is 0.769 bits per heavy atom. The van der Waals surface area contributed by atoms with Crippen LogP contribution in [-0.4, -0.2) is 44.5 Å². The molecule has 0 aromatic heterocycles. The van der Waals surface area contributed by atoms with Crippen LogP contribution in [0, 0.1) is 0 Å². The first-order valence-electron chi connectivity index (χ1n) is 12.9. The molecular formula is C30H34N2O7. The first-order chi connectivity index (χ1) is 19.0. The monoisotopic (exact) mass is 534 g/mol. The number of hydrogen-bond donors (Lipinski definition) is 1. The number of rotatable bonds is 15. The fourth-order valence-corrected chi connectivity index (χ4v) is 3.30. The van der Waals surface area contributed by atoms with Crippen molar-refractivity contribution in [1.29, 1.82) is 0 Å². The lowest BCUT2D eigenvalue weighted by atomic mass is 10.2. The van der Waals surface area contributed by atoms with Gasteiger partial charge in [-0.15, -0.1) is 0 Å². The summed E-state index contributed by atoms with van der Waals surface area (Å²) in [5, 5.41) is 3.97. The van der Waals surface area contributed by atoms with Crippen molar-refractivity contribution in [2.24, 2.45) is 5.10 Å². The van der Waals surface area contributed by atoms with E-state index < -0.39 is 11.9 Å². The van der Waals surface area contributed by atoms with Gasteiger partial charge in [-0.25, -0.2) is 10.2 Å². The number of amides is 1. The van der Waals surface area contributed by atoms with Crippen LogP contribution in [0.25, 0.3) is 0 Å². The highest BCUT2D eigenvalue weighted by Crippen LogP contribution is 2.29. The Hall–Kier alpha value is -4.53. The molecule has 9 heteroatoms. The minimum Gasteiger partial charge on any atom is -0.494 e. The van der Waals surface area contributed by atoms with Crippen LogP contribution in [0.5, 0.6) is 28.7 Å². The van der Waals surface area contributed by atoms with Crippen LogP contribution >= 0.6 is 0 Å². The van der Waals surface area contributed by atoms with Crippen LogP contribution < -0.4 is 29.1 Å².